The van der Waals surface area contributed by atoms with Gasteiger partial charge in [0.2, 0.25) is 0 Å². The average Bonchev–Trinajstić information content (AvgIpc) is 2.47. The molecule has 0 atom stereocenters. The molecule has 0 fully saturated rings. The van der Waals surface area contributed by atoms with E-state index >= 15 is 0 Å². The van der Waals surface area contributed by atoms with E-state index in [-0.39, 0.29) is 11.5 Å². The third-order valence-electron chi connectivity index (χ3n) is 3.32. The fraction of sp³-hybridized carbons (Fsp3) is 0.333. The SMILES string of the molecule is CCNCCc1ccc2cc(OC(C)=O)c(OC(C)=O)cc2c1. The molecule has 0 aliphatic carbocycles. The number of hydrogen-bond donors (Lipinski definition) is 1. The Morgan fingerprint density at radius 2 is 1.57 bits per heavy atom. The Balaban J connectivity index is 2.38. The Labute approximate surface area is 135 Å². The minimum absolute atomic E-state index is 0.251. The summed E-state index contributed by atoms with van der Waals surface area (Å²) in [5, 5.41) is 5.14. The van der Waals surface area contributed by atoms with Crippen molar-refractivity contribution in [1.82, 2.24) is 5.32 Å². The summed E-state index contributed by atoms with van der Waals surface area (Å²) >= 11 is 0. The summed E-state index contributed by atoms with van der Waals surface area (Å²) in [6.45, 7) is 6.54. The Morgan fingerprint density at radius 3 is 2.13 bits per heavy atom. The van der Waals surface area contributed by atoms with Gasteiger partial charge in [-0.2, -0.15) is 0 Å². The molecule has 2 aromatic rings. The van der Waals surface area contributed by atoms with Crippen LogP contribution in [0.2, 0.25) is 0 Å². The molecule has 0 aromatic heterocycles. The normalized spacial score (nSPS) is 10.6. The van der Waals surface area contributed by atoms with Crippen molar-refractivity contribution in [3.05, 3.63) is 35.9 Å². The Hall–Kier alpha value is -2.40. The lowest BCUT2D eigenvalue weighted by molar-refractivity contribution is -0.134. The van der Waals surface area contributed by atoms with Crippen molar-refractivity contribution < 1.29 is 19.1 Å². The number of benzene rings is 2. The van der Waals surface area contributed by atoms with Gasteiger partial charge in [-0.15, -0.1) is 0 Å². The molecule has 2 aromatic carbocycles. The highest BCUT2D eigenvalue weighted by atomic mass is 16.6. The van der Waals surface area contributed by atoms with Gasteiger partial charge in [-0.25, -0.2) is 0 Å². The van der Waals surface area contributed by atoms with Crippen LogP contribution in [0.25, 0.3) is 10.8 Å². The standard InChI is InChI=1S/C18H21NO4/c1-4-19-8-7-14-5-6-15-10-17(22-12(2)20)18(23-13(3)21)11-16(15)9-14/h5-6,9-11,19H,4,7-8H2,1-3H3. The van der Waals surface area contributed by atoms with Crippen LogP contribution in [0.15, 0.2) is 30.3 Å². The van der Waals surface area contributed by atoms with Crippen molar-refractivity contribution >= 4 is 22.7 Å². The van der Waals surface area contributed by atoms with Crippen molar-refractivity contribution in [1.29, 1.82) is 0 Å². The molecule has 0 aliphatic heterocycles. The van der Waals surface area contributed by atoms with Crippen molar-refractivity contribution in [3.8, 4) is 11.5 Å². The Bertz CT molecular complexity index is 724. The molecule has 0 saturated heterocycles. The van der Waals surface area contributed by atoms with Crippen LogP contribution < -0.4 is 14.8 Å². The van der Waals surface area contributed by atoms with E-state index in [1.54, 1.807) is 12.1 Å². The highest BCUT2D eigenvalue weighted by molar-refractivity contribution is 5.88. The number of carbonyl (C=O) groups excluding carboxylic acids is 2. The Morgan fingerprint density at radius 1 is 0.957 bits per heavy atom. The van der Waals surface area contributed by atoms with Gasteiger partial charge in [0, 0.05) is 13.8 Å². The van der Waals surface area contributed by atoms with Crippen LogP contribution in [-0.2, 0) is 16.0 Å². The molecule has 0 aliphatic rings. The number of fused-ring (bicyclic) bond motifs is 1. The Kier molecular flexibility index (Phi) is 5.71. The lowest BCUT2D eigenvalue weighted by atomic mass is 10.0. The molecule has 122 valence electrons. The van der Waals surface area contributed by atoms with Gasteiger partial charge in [-0.3, -0.25) is 9.59 Å². The summed E-state index contributed by atoms with van der Waals surface area (Å²) in [5.41, 5.74) is 1.19. The van der Waals surface area contributed by atoms with Crippen molar-refractivity contribution in [3.63, 3.8) is 0 Å². The molecule has 5 heteroatoms. The predicted molar refractivity (Wildman–Crippen MR) is 88.8 cm³/mol. The fourth-order valence-corrected chi connectivity index (χ4v) is 2.34. The third-order valence-corrected chi connectivity index (χ3v) is 3.32. The number of hydrogen-bond acceptors (Lipinski definition) is 5. The lowest BCUT2D eigenvalue weighted by Gasteiger charge is -2.11. The lowest BCUT2D eigenvalue weighted by Crippen LogP contribution is -2.15. The average molecular weight is 315 g/mol. The smallest absolute Gasteiger partial charge is 0.308 e. The molecule has 23 heavy (non-hydrogen) atoms. The maximum Gasteiger partial charge on any atom is 0.308 e. The minimum atomic E-state index is -0.458. The second-order valence-electron chi connectivity index (χ2n) is 5.27. The van der Waals surface area contributed by atoms with Gasteiger partial charge in [0.15, 0.2) is 11.5 Å². The molecular formula is C18H21NO4. The molecule has 1 N–H and O–H groups in total. The summed E-state index contributed by atoms with van der Waals surface area (Å²) in [5.74, 6) is -0.411. The largest absolute Gasteiger partial charge is 0.423 e. The van der Waals surface area contributed by atoms with Gasteiger partial charge in [-0.05, 0) is 48.0 Å². The van der Waals surface area contributed by atoms with Crippen LogP contribution in [0, 0.1) is 0 Å². The molecule has 0 saturated carbocycles. The number of rotatable bonds is 6. The first kappa shape index (κ1) is 17.0. The zero-order valence-corrected chi connectivity index (χ0v) is 13.6. The second kappa shape index (κ2) is 7.74. The number of carbonyl (C=O) groups is 2. The summed E-state index contributed by atoms with van der Waals surface area (Å²) in [7, 11) is 0. The number of likely N-dealkylation sites (N-methyl/N-ethyl adjacent to an activating group) is 1. The zero-order chi connectivity index (χ0) is 16.8. The van der Waals surface area contributed by atoms with Crippen LogP contribution >= 0.6 is 0 Å². The van der Waals surface area contributed by atoms with Crippen LogP contribution in [-0.4, -0.2) is 25.0 Å². The molecule has 0 heterocycles. The first-order valence-corrected chi connectivity index (χ1v) is 7.64. The quantitative estimate of drug-likeness (QED) is 0.504. The van der Waals surface area contributed by atoms with Crippen LogP contribution in [0.1, 0.15) is 26.3 Å². The van der Waals surface area contributed by atoms with E-state index in [4.69, 9.17) is 9.47 Å². The number of nitrogens with one attached hydrogen (secondary N) is 1. The first-order valence-electron chi connectivity index (χ1n) is 7.64. The van der Waals surface area contributed by atoms with Gasteiger partial charge in [0.25, 0.3) is 0 Å². The number of esters is 2. The minimum Gasteiger partial charge on any atom is -0.423 e. The van der Waals surface area contributed by atoms with Gasteiger partial charge in [0.05, 0.1) is 0 Å². The van der Waals surface area contributed by atoms with Crippen LogP contribution in [0.3, 0.4) is 0 Å². The third kappa shape index (κ3) is 4.79. The highest BCUT2D eigenvalue weighted by Gasteiger charge is 2.12. The summed E-state index contributed by atoms with van der Waals surface area (Å²) in [6.07, 6.45) is 0.915. The van der Waals surface area contributed by atoms with Crippen molar-refractivity contribution in [2.24, 2.45) is 0 Å². The predicted octanol–water partition coefficient (Wildman–Crippen LogP) is 2.84. The molecule has 2 rings (SSSR count). The van der Waals surface area contributed by atoms with E-state index in [0.717, 1.165) is 30.3 Å². The highest BCUT2D eigenvalue weighted by Crippen LogP contribution is 2.33. The molecule has 5 nitrogen and oxygen atoms in total. The topological polar surface area (TPSA) is 64.6 Å². The monoisotopic (exact) mass is 315 g/mol. The van der Waals surface area contributed by atoms with Crippen LogP contribution in [0.5, 0.6) is 11.5 Å². The fourth-order valence-electron chi connectivity index (χ4n) is 2.34. The molecule has 0 amide bonds. The molecule has 0 spiro atoms. The van der Waals surface area contributed by atoms with E-state index in [1.807, 2.05) is 12.1 Å². The zero-order valence-electron chi connectivity index (χ0n) is 13.6. The maximum atomic E-state index is 11.3. The number of ether oxygens (including phenoxy) is 2. The summed E-state index contributed by atoms with van der Waals surface area (Å²) in [4.78, 5) is 22.5. The maximum absolute atomic E-state index is 11.3. The van der Waals surface area contributed by atoms with Gasteiger partial charge >= 0.3 is 11.9 Å². The van der Waals surface area contributed by atoms with Gasteiger partial charge in [-0.1, -0.05) is 25.1 Å². The van der Waals surface area contributed by atoms with Crippen molar-refractivity contribution in [2.75, 3.05) is 13.1 Å². The summed E-state index contributed by atoms with van der Waals surface area (Å²) < 4.78 is 10.3. The molecule has 0 radical (unpaired) electrons. The van der Waals surface area contributed by atoms with E-state index in [2.05, 4.69) is 18.3 Å². The van der Waals surface area contributed by atoms with Crippen LogP contribution in [0.4, 0.5) is 0 Å². The van der Waals surface area contributed by atoms with E-state index in [0.29, 0.717) is 0 Å². The first-order chi connectivity index (χ1) is 11.0. The molecule has 0 bridgehead atoms. The molecule has 0 unspecified atom stereocenters. The summed E-state index contributed by atoms with van der Waals surface area (Å²) in [6, 6.07) is 9.51. The second-order valence-corrected chi connectivity index (χ2v) is 5.27. The van der Waals surface area contributed by atoms with Crippen molar-refractivity contribution in [2.45, 2.75) is 27.2 Å². The van der Waals surface area contributed by atoms with E-state index in [9.17, 15) is 9.59 Å². The van der Waals surface area contributed by atoms with Gasteiger partial charge < -0.3 is 14.8 Å². The van der Waals surface area contributed by atoms with Gasteiger partial charge in [0.1, 0.15) is 0 Å². The molecular weight excluding hydrogens is 294 g/mol. The van der Waals surface area contributed by atoms with E-state index < -0.39 is 11.9 Å². The van der Waals surface area contributed by atoms with E-state index in [1.165, 1.54) is 19.4 Å².